The molecule has 11 heteroatoms. The first-order valence-corrected chi connectivity index (χ1v) is 11.3. The quantitative estimate of drug-likeness (QED) is 0.135. The van der Waals surface area contributed by atoms with Crippen molar-refractivity contribution in [3.63, 3.8) is 0 Å². The molecule has 1 heterocycles. The van der Waals surface area contributed by atoms with Crippen LogP contribution in [0.15, 0.2) is 87.8 Å². The Bertz CT molecular complexity index is 1470. The van der Waals surface area contributed by atoms with Crippen molar-refractivity contribution in [3.05, 3.63) is 104 Å². The van der Waals surface area contributed by atoms with Gasteiger partial charge in [0.1, 0.15) is 0 Å². The van der Waals surface area contributed by atoms with Gasteiger partial charge in [0, 0.05) is 22.7 Å². The molecule has 0 radical (unpaired) electrons. The number of non-ortho nitro benzene ring substituents is 1. The molecule has 0 atom stereocenters. The Hall–Kier alpha value is -4.02. The highest BCUT2D eigenvalue weighted by Crippen LogP contribution is 2.22. The van der Waals surface area contributed by atoms with Gasteiger partial charge in [-0.25, -0.2) is 10.4 Å². The maximum absolute atomic E-state index is 13.2. The van der Waals surface area contributed by atoms with Crippen LogP contribution < -0.4 is 11.0 Å². The van der Waals surface area contributed by atoms with Gasteiger partial charge in [-0.05, 0) is 36.4 Å². The Balaban J connectivity index is 1.53. The van der Waals surface area contributed by atoms with Crippen LogP contribution in [0.1, 0.15) is 5.56 Å². The Morgan fingerprint density at radius 2 is 1.91 bits per heavy atom. The third-order valence-electron chi connectivity index (χ3n) is 4.65. The number of thioether (sulfide) groups is 1. The van der Waals surface area contributed by atoms with E-state index in [0.717, 1.165) is 11.8 Å². The first-order valence-electron chi connectivity index (χ1n) is 9.89. The smallest absolute Gasteiger partial charge is 0.270 e. The van der Waals surface area contributed by atoms with E-state index in [0.29, 0.717) is 32.3 Å². The van der Waals surface area contributed by atoms with Crippen molar-refractivity contribution in [1.82, 2.24) is 15.0 Å². The summed E-state index contributed by atoms with van der Waals surface area (Å²) in [6.07, 6.45) is 1.31. The highest BCUT2D eigenvalue weighted by molar-refractivity contribution is 7.99. The zero-order chi connectivity index (χ0) is 24.1. The first kappa shape index (κ1) is 23.1. The van der Waals surface area contributed by atoms with Crippen molar-refractivity contribution in [2.45, 2.75) is 5.16 Å². The minimum atomic E-state index is -0.511. The van der Waals surface area contributed by atoms with Crippen molar-refractivity contribution in [2.75, 3.05) is 5.75 Å². The predicted molar refractivity (Wildman–Crippen MR) is 132 cm³/mol. The van der Waals surface area contributed by atoms with E-state index in [-0.39, 0.29) is 17.0 Å². The fraction of sp³-hybridized carbons (Fsp3) is 0.0435. The van der Waals surface area contributed by atoms with Crippen LogP contribution in [-0.2, 0) is 4.79 Å². The summed E-state index contributed by atoms with van der Waals surface area (Å²) in [7, 11) is 0. The predicted octanol–water partition coefficient (Wildman–Crippen LogP) is 4.19. The number of halogens is 1. The van der Waals surface area contributed by atoms with Gasteiger partial charge in [0.25, 0.3) is 17.2 Å². The van der Waals surface area contributed by atoms with E-state index in [1.165, 1.54) is 29.0 Å². The number of hydrogen-bond acceptors (Lipinski definition) is 7. The van der Waals surface area contributed by atoms with E-state index >= 15 is 0 Å². The third-order valence-corrected chi connectivity index (χ3v) is 5.84. The second-order valence-corrected chi connectivity index (χ2v) is 8.34. The molecule has 3 aromatic carbocycles. The SMILES string of the molecule is O=C(CSc1nc2ccccc2c(=O)n1-c1ccc(Cl)cc1)N/N=C/c1cccc([N+](=O)[O-])c1. The number of aromatic nitrogens is 2. The van der Waals surface area contributed by atoms with Gasteiger partial charge in [0.15, 0.2) is 5.16 Å². The topological polar surface area (TPSA) is 119 Å². The van der Waals surface area contributed by atoms with Gasteiger partial charge in [0.2, 0.25) is 0 Å². The van der Waals surface area contributed by atoms with Crippen molar-refractivity contribution < 1.29 is 9.72 Å². The Labute approximate surface area is 202 Å². The van der Waals surface area contributed by atoms with Gasteiger partial charge in [-0.1, -0.05) is 47.6 Å². The number of carbonyl (C=O) groups excluding carboxylic acids is 1. The molecule has 0 saturated heterocycles. The number of rotatable bonds is 7. The van der Waals surface area contributed by atoms with Crippen molar-refractivity contribution >= 4 is 52.1 Å². The summed E-state index contributed by atoms with van der Waals surface area (Å²) in [6.45, 7) is 0. The van der Waals surface area contributed by atoms with Gasteiger partial charge in [-0.2, -0.15) is 5.10 Å². The summed E-state index contributed by atoms with van der Waals surface area (Å²) in [5.41, 5.74) is 3.59. The number of hydrazone groups is 1. The minimum Gasteiger partial charge on any atom is -0.272 e. The second kappa shape index (κ2) is 10.3. The number of nitrogens with one attached hydrogen (secondary N) is 1. The number of hydrogen-bond donors (Lipinski definition) is 1. The number of carbonyl (C=O) groups is 1. The molecule has 0 aliphatic rings. The summed E-state index contributed by atoms with van der Waals surface area (Å²) in [5, 5.41) is 16.0. The first-order chi connectivity index (χ1) is 16.4. The molecule has 0 unspecified atom stereocenters. The van der Waals surface area contributed by atoms with Gasteiger partial charge in [-0.3, -0.25) is 24.3 Å². The van der Waals surface area contributed by atoms with E-state index in [4.69, 9.17) is 11.6 Å². The molecule has 4 rings (SSSR count). The highest BCUT2D eigenvalue weighted by atomic mass is 35.5. The molecule has 0 aliphatic heterocycles. The van der Waals surface area contributed by atoms with Crippen LogP contribution in [0.4, 0.5) is 5.69 Å². The average Bonchev–Trinajstić information content (AvgIpc) is 2.84. The molecule has 0 spiro atoms. The maximum atomic E-state index is 13.2. The molecule has 1 aromatic heterocycles. The Morgan fingerprint density at radius 3 is 2.68 bits per heavy atom. The number of nitro groups is 1. The number of amides is 1. The average molecular weight is 494 g/mol. The molecular weight excluding hydrogens is 478 g/mol. The van der Waals surface area contributed by atoms with Crippen molar-refractivity contribution in [3.8, 4) is 5.69 Å². The molecule has 0 saturated carbocycles. The second-order valence-electron chi connectivity index (χ2n) is 6.96. The number of para-hydroxylation sites is 1. The molecule has 34 heavy (non-hydrogen) atoms. The molecular formula is C23H16ClN5O4S. The molecule has 4 aromatic rings. The zero-order valence-electron chi connectivity index (χ0n) is 17.4. The lowest BCUT2D eigenvalue weighted by Gasteiger charge is -2.13. The van der Waals surface area contributed by atoms with E-state index in [2.05, 4.69) is 15.5 Å². The fourth-order valence-corrected chi connectivity index (χ4v) is 4.02. The molecule has 0 aliphatic carbocycles. The van der Waals surface area contributed by atoms with Crippen molar-refractivity contribution in [2.24, 2.45) is 5.10 Å². The lowest BCUT2D eigenvalue weighted by atomic mass is 10.2. The molecule has 1 N–H and O–H groups in total. The number of nitro benzene ring substituents is 1. The monoisotopic (exact) mass is 493 g/mol. The van der Waals surface area contributed by atoms with E-state index in [1.807, 2.05) is 0 Å². The Morgan fingerprint density at radius 1 is 1.15 bits per heavy atom. The highest BCUT2D eigenvalue weighted by Gasteiger charge is 2.15. The molecule has 9 nitrogen and oxygen atoms in total. The third kappa shape index (κ3) is 5.30. The summed E-state index contributed by atoms with van der Waals surface area (Å²) in [6, 6.07) is 19.6. The zero-order valence-corrected chi connectivity index (χ0v) is 19.0. The van der Waals surface area contributed by atoms with Crippen LogP contribution in [0.5, 0.6) is 0 Å². The number of benzene rings is 3. The lowest BCUT2D eigenvalue weighted by Crippen LogP contribution is -2.24. The van der Waals surface area contributed by atoms with E-state index in [9.17, 15) is 19.7 Å². The summed E-state index contributed by atoms with van der Waals surface area (Å²) >= 11 is 7.06. The molecule has 1 amide bonds. The number of fused-ring (bicyclic) bond motifs is 1. The van der Waals surface area contributed by atoms with Crippen LogP contribution in [-0.4, -0.2) is 32.3 Å². The molecule has 0 fully saturated rings. The van der Waals surface area contributed by atoms with Crippen LogP contribution >= 0.6 is 23.4 Å². The number of nitrogens with zero attached hydrogens (tertiary/aromatic N) is 4. The lowest BCUT2D eigenvalue weighted by molar-refractivity contribution is -0.384. The van der Waals surface area contributed by atoms with E-state index in [1.54, 1.807) is 54.6 Å². The Kier molecular flexibility index (Phi) is 7.00. The van der Waals surface area contributed by atoms with Gasteiger partial charge in [0.05, 0.1) is 33.5 Å². The fourth-order valence-electron chi connectivity index (χ4n) is 3.09. The normalized spacial score (nSPS) is 11.1. The van der Waals surface area contributed by atoms with Gasteiger partial charge < -0.3 is 0 Å². The standard InChI is InChI=1S/C23H16ClN5O4S/c24-16-8-10-17(11-9-16)28-22(31)19-6-1-2-7-20(19)26-23(28)34-14-21(30)27-25-13-15-4-3-5-18(12-15)29(32)33/h1-13H,14H2,(H,27,30)/b25-13+. The summed E-state index contributed by atoms with van der Waals surface area (Å²) in [5.74, 6) is -0.498. The van der Waals surface area contributed by atoms with Crippen molar-refractivity contribution in [1.29, 1.82) is 0 Å². The molecule has 170 valence electrons. The van der Waals surface area contributed by atoms with E-state index < -0.39 is 10.8 Å². The minimum absolute atomic E-state index is 0.0648. The van der Waals surface area contributed by atoms with Crippen LogP contribution in [0, 0.1) is 10.1 Å². The van der Waals surface area contributed by atoms with Crippen LogP contribution in [0.3, 0.4) is 0 Å². The summed E-state index contributed by atoms with van der Waals surface area (Å²) < 4.78 is 1.43. The van der Waals surface area contributed by atoms with Gasteiger partial charge in [-0.15, -0.1) is 0 Å². The van der Waals surface area contributed by atoms with Crippen LogP contribution in [0.2, 0.25) is 5.02 Å². The largest absolute Gasteiger partial charge is 0.272 e. The maximum Gasteiger partial charge on any atom is 0.270 e. The van der Waals surface area contributed by atoms with Gasteiger partial charge >= 0.3 is 0 Å². The summed E-state index contributed by atoms with van der Waals surface area (Å²) in [4.78, 5) is 40.4. The van der Waals surface area contributed by atoms with Crippen LogP contribution in [0.25, 0.3) is 16.6 Å². The molecule has 0 bridgehead atoms.